The molecule has 0 aromatic heterocycles. The van der Waals surface area contributed by atoms with E-state index in [4.69, 9.17) is 9.47 Å². The Hall–Kier alpha value is -2.74. The fourth-order valence-corrected chi connectivity index (χ4v) is 2.73. The largest absolute Gasteiger partial charge is 0.497 e. The highest BCUT2D eigenvalue weighted by Gasteiger charge is 2.20. The van der Waals surface area contributed by atoms with Gasteiger partial charge in [-0.1, -0.05) is 12.1 Å². The summed E-state index contributed by atoms with van der Waals surface area (Å²) in [5.74, 6) is 0.572. The molecular weight excluding hydrogens is 344 g/mol. The highest BCUT2D eigenvalue weighted by Crippen LogP contribution is 2.30. The van der Waals surface area contributed by atoms with Gasteiger partial charge in [0.2, 0.25) is 10.0 Å². The first-order chi connectivity index (χ1) is 11.8. The number of nitrogens with one attached hydrogen (secondary N) is 1. The molecule has 0 spiro atoms. The number of nitrogens with zero attached hydrogens (tertiary/aromatic N) is 1. The molecule has 7 nitrogen and oxygen atoms in total. The topological polar surface area (TPSA) is 84.9 Å². The van der Waals surface area contributed by atoms with Crippen molar-refractivity contribution in [1.29, 1.82) is 0 Å². The van der Waals surface area contributed by atoms with Crippen LogP contribution >= 0.6 is 0 Å². The van der Waals surface area contributed by atoms with Crippen molar-refractivity contribution in [2.45, 2.75) is 0 Å². The van der Waals surface area contributed by atoms with Crippen molar-refractivity contribution in [3.05, 3.63) is 48.0 Å². The smallest absolute Gasteiger partial charge is 0.257 e. The van der Waals surface area contributed by atoms with Crippen LogP contribution in [-0.4, -0.2) is 41.8 Å². The lowest BCUT2D eigenvalue weighted by atomic mass is 10.1. The van der Waals surface area contributed by atoms with Crippen LogP contribution in [0.2, 0.25) is 0 Å². The van der Waals surface area contributed by atoms with Gasteiger partial charge in [0.1, 0.15) is 11.5 Å². The van der Waals surface area contributed by atoms with Crippen molar-refractivity contribution in [3.8, 4) is 11.5 Å². The molecule has 0 aliphatic rings. The molecule has 1 N–H and O–H groups in total. The summed E-state index contributed by atoms with van der Waals surface area (Å²) < 4.78 is 35.0. The second-order valence-electron chi connectivity index (χ2n) is 5.27. The third kappa shape index (κ3) is 4.21. The van der Waals surface area contributed by atoms with Crippen molar-refractivity contribution in [2.24, 2.45) is 0 Å². The Labute approximate surface area is 147 Å². The average Bonchev–Trinajstić information content (AvgIpc) is 2.60. The van der Waals surface area contributed by atoms with E-state index in [2.05, 4.69) is 5.32 Å². The maximum atomic E-state index is 12.7. The molecule has 0 saturated heterocycles. The predicted molar refractivity (Wildman–Crippen MR) is 97.2 cm³/mol. The van der Waals surface area contributed by atoms with Gasteiger partial charge in [-0.3, -0.25) is 9.10 Å². The number of hydrogen-bond acceptors (Lipinski definition) is 5. The number of benzene rings is 2. The zero-order chi connectivity index (χ0) is 18.6. The number of carbonyl (C=O) groups excluding carboxylic acids is 1. The highest BCUT2D eigenvalue weighted by atomic mass is 32.2. The summed E-state index contributed by atoms with van der Waals surface area (Å²) in [5.41, 5.74) is 0.966. The highest BCUT2D eigenvalue weighted by molar-refractivity contribution is 7.92. The molecule has 2 aromatic rings. The normalized spacial score (nSPS) is 10.9. The number of para-hydroxylation sites is 1. The molecule has 0 aliphatic carbocycles. The average molecular weight is 364 g/mol. The number of methoxy groups -OCH3 is 2. The van der Waals surface area contributed by atoms with E-state index < -0.39 is 15.9 Å². The first-order valence-corrected chi connectivity index (χ1v) is 9.19. The molecule has 0 unspecified atom stereocenters. The van der Waals surface area contributed by atoms with Crippen LogP contribution in [0.1, 0.15) is 10.4 Å². The number of hydrogen-bond donors (Lipinski definition) is 1. The van der Waals surface area contributed by atoms with E-state index in [1.807, 2.05) is 0 Å². The summed E-state index contributed by atoms with van der Waals surface area (Å²) in [6.45, 7) is 0. The molecule has 0 radical (unpaired) electrons. The van der Waals surface area contributed by atoms with Crippen molar-refractivity contribution in [2.75, 3.05) is 37.1 Å². The predicted octanol–water partition coefficient (Wildman–Crippen LogP) is 2.35. The second-order valence-corrected chi connectivity index (χ2v) is 7.28. The number of sulfonamides is 1. The monoisotopic (exact) mass is 364 g/mol. The van der Waals surface area contributed by atoms with Crippen LogP contribution in [0.5, 0.6) is 11.5 Å². The van der Waals surface area contributed by atoms with Gasteiger partial charge in [-0.2, -0.15) is 0 Å². The Bertz CT molecular complexity index is 880. The van der Waals surface area contributed by atoms with Crippen molar-refractivity contribution in [1.82, 2.24) is 0 Å². The van der Waals surface area contributed by atoms with E-state index in [-0.39, 0.29) is 11.3 Å². The maximum absolute atomic E-state index is 12.7. The SMILES string of the molecule is COc1ccc(NC(=O)c2ccccc2N(C)S(C)(=O)=O)c(OC)c1. The summed E-state index contributed by atoms with van der Waals surface area (Å²) in [7, 11) is 0.918. The molecule has 25 heavy (non-hydrogen) atoms. The minimum Gasteiger partial charge on any atom is -0.497 e. The Morgan fingerprint density at radius 3 is 2.36 bits per heavy atom. The van der Waals surface area contributed by atoms with Crippen molar-refractivity contribution in [3.63, 3.8) is 0 Å². The van der Waals surface area contributed by atoms with Gasteiger partial charge >= 0.3 is 0 Å². The van der Waals surface area contributed by atoms with Crippen molar-refractivity contribution >= 4 is 27.3 Å². The van der Waals surface area contributed by atoms with E-state index in [0.29, 0.717) is 17.2 Å². The molecule has 0 saturated carbocycles. The molecule has 0 fully saturated rings. The van der Waals surface area contributed by atoms with Crippen LogP contribution < -0.4 is 19.1 Å². The van der Waals surface area contributed by atoms with Gasteiger partial charge in [0.25, 0.3) is 5.91 Å². The number of amides is 1. The van der Waals surface area contributed by atoms with Gasteiger partial charge in [0.05, 0.1) is 37.4 Å². The number of ether oxygens (including phenoxy) is 2. The zero-order valence-electron chi connectivity index (χ0n) is 14.4. The Kier molecular flexibility index (Phi) is 5.53. The van der Waals surface area contributed by atoms with Gasteiger partial charge in [-0.05, 0) is 24.3 Å². The number of carbonyl (C=O) groups is 1. The fraction of sp³-hybridized carbons (Fsp3) is 0.235. The third-order valence-electron chi connectivity index (χ3n) is 3.64. The molecule has 2 rings (SSSR count). The third-order valence-corrected chi connectivity index (χ3v) is 4.83. The fourth-order valence-electron chi connectivity index (χ4n) is 2.21. The molecule has 134 valence electrons. The molecular formula is C17H20N2O5S. The zero-order valence-corrected chi connectivity index (χ0v) is 15.3. The maximum Gasteiger partial charge on any atom is 0.257 e. The van der Waals surface area contributed by atoms with Gasteiger partial charge in [0, 0.05) is 13.1 Å². The summed E-state index contributed by atoms with van der Waals surface area (Å²) >= 11 is 0. The van der Waals surface area contributed by atoms with Crippen LogP contribution in [0.25, 0.3) is 0 Å². The van der Waals surface area contributed by atoms with Crippen LogP contribution in [0, 0.1) is 0 Å². The van der Waals surface area contributed by atoms with Crippen LogP contribution in [0.15, 0.2) is 42.5 Å². The summed E-state index contributed by atoms with van der Waals surface area (Å²) in [4.78, 5) is 12.7. The first-order valence-electron chi connectivity index (χ1n) is 7.34. The standard InChI is InChI=1S/C17H20N2O5S/c1-19(25(4,21)22)15-8-6-5-7-13(15)17(20)18-14-10-9-12(23-2)11-16(14)24-3/h5-11H,1-4H3,(H,18,20). The number of anilines is 2. The van der Waals surface area contributed by atoms with Crippen molar-refractivity contribution < 1.29 is 22.7 Å². The first kappa shape index (κ1) is 18.6. The molecule has 0 aliphatic heterocycles. The summed E-state index contributed by atoms with van der Waals surface area (Å²) in [6, 6.07) is 11.4. The molecule has 0 heterocycles. The number of rotatable bonds is 6. The summed E-state index contributed by atoms with van der Waals surface area (Å²) in [5, 5.41) is 2.73. The Morgan fingerprint density at radius 1 is 1.08 bits per heavy atom. The van der Waals surface area contributed by atoms with Crippen LogP contribution in [0.4, 0.5) is 11.4 Å². The van der Waals surface area contributed by atoms with Gasteiger partial charge in [-0.25, -0.2) is 8.42 Å². The van der Waals surface area contributed by atoms with Gasteiger partial charge < -0.3 is 14.8 Å². The Morgan fingerprint density at radius 2 is 1.76 bits per heavy atom. The van der Waals surface area contributed by atoms with Gasteiger partial charge in [-0.15, -0.1) is 0 Å². The molecule has 2 aromatic carbocycles. The molecule has 1 amide bonds. The van der Waals surface area contributed by atoms with E-state index in [1.165, 1.54) is 21.3 Å². The van der Waals surface area contributed by atoms with E-state index in [0.717, 1.165) is 10.6 Å². The van der Waals surface area contributed by atoms with E-state index in [9.17, 15) is 13.2 Å². The second kappa shape index (κ2) is 7.43. The minimum absolute atomic E-state index is 0.230. The van der Waals surface area contributed by atoms with E-state index >= 15 is 0 Å². The lowest BCUT2D eigenvalue weighted by Crippen LogP contribution is -2.27. The Balaban J connectivity index is 2.37. The lowest BCUT2D eigenvalue weighted by Gasteiger charge is -2.20. The van der Waals surface area contributed by atoms with Crippen LogP contribution in [-0.2, 0) is 10.0 Å². The summed E-state index contributed by atoms with van der Waals surface area (Å²) in [6.07, 6.45) is 1.08. The lowest BCUT2D eigenvalue weighted by molar-refractivity contribution is 0.102. The molecule has 0 atom stereocenters. The molecule has 8 heteroatoms. The van der Waals surface area contributed by atoms with Crippen LogP contribution in [0.3, 0.4) is 0 Å². The minimum atomic E-state index is -3.49. The van der Waals surface area contributed by atoms with Gasteiger partial charge in [0.15, 0.2) is 0 Å². The van der Waals surface area contributed by atoms with E-state index in [1.54, 1.807) is 42.5 Å². The quantitative estimate of drug-likeness (QED) is 0.850. The molecule has 0 bridgehead atoms.